The number of ether oxygens (including phenoxy) is 1. The fourth-order valence-electron chi connectivity index (χ4n) is 5.91. The third-order valence-corrected chi connectivity index (χ3v) is 8.36. The highest BCUT2D eigenvalue weighted by Crippen LogP contribution is 2.33. The highest BCUT2D eigenvalue weighted by molar-refractivity contribution is 5.94. The Morgan fingerprint density at radius 2 is 1.71 bits per heavy atom. The van der Waals surface area contributed by atoms with Crippen LogP contribution in [0.15, 0.2) is 60.8 Å². The first-order valence-electron chi connectivity index (χ1n) is 16.3. The van der Waals surface area contributed by atoms with Gasteiger partial charge in [-0.2, -0.15) is 0 Å². The number of likely N-dealkylation sites (tertiary alicyclic amines) is 1. The zero-order valence-corrected chi connectivity index (χ0v) is 27.5. The summed E-state index contributed by atoms with van der Waals surface area (Å²) in [6.07, 6.45) is -3.18. The molecule has 5 N–H and O–H groups in total. The molecule has 49 heavy (non-hydrogen) atoms. The van der Waals surface area contributed by atoms with Crippen LogP contribution in [0.4, 0.5) is 13.6 Å². The molecule has 4 atom stereocenters. The van der Waals surface area contributed by atoms with E-state index < -0.39 is 67.2 Å². The third kappa shape index (κ3) is 10.5. The summed E-state index contributed by atoms with van der Waals surface area (Å²) < 4.78 is 32.5. The van der Waals surface area contributed by atoms with E-state index in [9.17, 15) is 37.9 Å². The lowest BCUT2D eigenvalue weighted by Crippen LogP contribution is -2.56. The van der Waals surface area contributed by atoms with Crippen LogP contribution in [0.5, 0.6) is 0 Å². The number of aromatic amines is 1. The predicted molar refractivity (Wildman–Crippen MR) is 177 cm³/mol. The lowest BCUT2D eigenvalue weighted by atomic mass is 9.96. The van der Waals surface area contributed by atoms with E-state index in [1.165, 1.54) is 4.90 Å². The molecule has 14 heteroatoms. The Balaban J connectivity index is 1.50. The molecule has 2 heterocycles. The van der Waals surface area contributed by atoms with Crippen molar-refractivity contribution in [2.75, 3.05) is 19.7 Å². The van der Waals surface area contributed by atoms with E-state index in [1.54, 1.807) is 12.1 Å². The molecule has 1 aliphatic rings. The van der Waals surface area contributed by atoms with Crippen LogP contribution in [0.2, 0.25) is 0 Å². The molecule has 4 rings (SSSR count). The smallest absolute Gasteiger partial charge is 0.407 e. The summed E-state index contributed by atoms with van der Waals surface area (Å²) in [5.41, 5.74) is 2.67. The number of amides is 4. The van der Waals surface area contributed by atoms with Crippen LogP contribution >= 0.6 is 0 Å². The van der Waals surface area contributed by atoms with Crippen molar-refractivity contribution in [3.05, 3.63) is 71.9 Å². The van der Waals surface area contributed by atoms with Crippen molar-refractivity contribution in [2.45, 2.75) is 76.4 Å². The molecule has 12 nitrogen and oxygen atoms in total. The SMILES string of the molecule is CC(C)COC(=O)N[C@@H](CCC(=O)O)C(=O)N1C[C@H](c2ccccc2)C[C@H]1C(=O)N[C@@H](CC(F)F)C(=O)NCCc1c[nH]c2ccccc12. The minimum absolute atomic E-state index is 0.00381. The normalized spacial score (nSPS) is 17.1. The highest BCUT2D eigenvalue weighted by Gasteiger charge is 2.43. The Morgan fingerprint density at radius 1 is 1.00 bits per heavy atom. The number of para-hydroxylation sites is 1. The number of alkyl halides is 2. The molecular weight excluding hydrogens is 640 g/mol. The first-order chi connectivity index (χ1) is 23.4. The second-order valence-electron chi connectivity index (χ2n) is 12.6. The number of carbonyl (C=O) groups is 5. The molecule has 4 amide bonds. The Labute approximate surface area is 282 Å². The van der Waals surface area contributed by atoms with Crippen molar-refractivity contribution < 1.29 is 42.6 Å². The fraction of sp³-hybridized carbons (Fsp3) is 0.457. The summed E-state index contributed by atoms with van der Waals surface area (Å²) in [6, 6.07) is 12.6. The van der Waals surface area contributed by atoms with E-state index in [1.807, 2.05) is 62.5 Å². The minimum atomic E-state index is -2.91. The maximum absolute atomic E-state index is 13.9. The van der Waals surface area contributed by atoms with Gasteiger partial charge < -0.3 is 35.7 Å². The maximum Gasteiger partial charge on any atom is 0.407 e. The molecule has 0 saturated carbocycles. The Bertz CT molecular complexity index is 1600. The molecule has 0 unspecified atom stereocenters. The number of carboxylic acid groups (broad SMARTS) is 1. The standard InChI is InChI=1S/C35H43F2N5O7/c1-21(2)20-49-35(48)41-27(12-13-31(43)44)34(47)42-19-24(22-8-4-3-5-9-22)16-29(42)33(46)40-28(17-30(36)37)32(45)38-15-14-23-18-39-26-11-7-6-10-25(23)26/h3-11,18,21,24,27-30,39H,12-17,19-20H2,1-2H3,(H,38,45)(H,40,46)(H,41,48)(H,43,44)/t24-,27+,28+,29+/m1/s1. The summed E-state index contributed by atoms with van der Waals surface area (Å²) in [5, 5.41) is 17.8. The molecule has 1 aliphatic heterocycles. The van der Waals surface area contributed by atoms with Crippen LogP contribution in [0.1, 0.15) is 56.6 Å². The van der Waals surface area contributed by atoms with Gasteiger partial charge in [-0.3, -0.25) is 19.2 Å². The number of alkyl carbamates (subject to hydrolysis) is 1. The van der Waals surface area contributed by atoms with Gasteiger partial charge in [-0.15, -0.1) is 0 Å². The van der Waals surface area contributed by atoms with Crippen molar-refractivity contribution in [3.63, 3.8) is 0 Å². The second kappa shape index (κ2) is 17.4. The molecule has 2 aromatic carbocycles. The summed E-state index contributed by atoms with van der Waals surface area (Å²) in [5.74, 6) is -3.87. The average molecular weight is 684 g/mol. The number of hydrogen-bond acceptors (Lipinski definition) is 6. The second-order valence-corrected chi connectivity index (χ2v) is 12.6. The van der Waals surface area contributed by atoms with Crippen LogP contribution in [0.25, 0.3) is 10.9 Å². The van der Waals surface area contributed by atoms with Gasteiger partial charge in [0.25, 0.3) is 0 Å². The molecule has 3 aromatic rings. The van der Waals surface area contributed by atoms with Gasteiger partial charge in [0, 0.05) is 48.9 Å². The summed E-state index contributed by atoms with van der Waals surface area (Å²) in [7, 11) is 0. The number of carbonyl (C=O) groups excluding carboxylic acids is 4. The summed E-state index contributed by atoms with van der Waals surface area (Å²) >= 11 is 0. The van der Waals surface area contributed by atoms with Crippen LogP contribution in [-0.2, 0) is 30.3 Å². The maximum atomic E-state index is 13.9. The van der Waals surface area contributed by atoms with Crippen LogP contribution < -0.4 is 16.0 Å². The van der Waals surface area contributed by atoms with Gasteiger partial charge in [0.2, 0.25) is 24.1 Å². The number of carboxylic acids is 1. The van der Waals surface area contributed by atoms with Crippen molar-refractivity contribution in [1.29, 1.82) is 0 Å². The number of aliphatic carboxylic acids is 1. The van der Waals surface area contributed by atoms with Gasteiger partial charge in [0.15, 0.2) is 0 Å². The number of hydrogen-bond donors (Lipinski definition) is 5. The van der Waals surface area contributed by atoms with Crippen molar-refractivity contribution in [3.8, 4) is 0 Å². The number of fused-ring (bicyclic) bond motifs is 1. The number of H-pyrrole nitrogens is 1. The Morgan fingerprint density at radius 3 is 2.41 bits per heavy atom. The third-order valence-electron chi connectivity index (χ3n) is 8.36. The largest absolute Gasteiger partial charge is 0.481 e. The number of aromatic nitrogens is 1. The van der Waals surface area contributed by atoms with E-state index in [2.05, 4.69) is 20.9 Å². The monoisotopic (exact) mass is 683 g/mol. The molecular formula is C35H43F2N5O7. The Kier molecular flexibility index (Phi) is 13.1. The zero-order valence-electron chi connectivity index (χ0n) is 27.5. The van der Waals surface area contributed by atoms with E-state index in [0.717, 1.165) is 22.0 Å². The van der Waals surface area contributed by atoms with Crippen molar-refractivity contribution in [2.24, 2.45) is 5.92 Å². The number of rotatable bonds is 16. The van der Waals surface area contributed by atoms with Gasteiger partial charge in [-0.25, -0.2) is 13.6 Å². The lowest BCUT2D eigenvalue weighted by molar-refractivity contribution is -0.142. The van der Waals surface area contributed by atoms with Gasteiger partial charge in [0.05, 0.1) is 6.61 Å². The number of halogens is 2. The summed E-state index contributed by atoms with van der Waals surface area (Å²) in [6.45, 7) is 3.87. The molecule has 0 bridgehead atoms. The molecule has 1 aromatic heterocycles. The summed E-state index contributed by atoms with van der Waals surface area (Å²) in [4.78, 5) is 69.2. The Hall–Kier alpha value is -5.01. The topological polar surface area (TPSA) is 170 Å². The molecule has 0 spiro atoms. The first-order valence-corrected chi connectivity index (χ1v) is 16.3. The quantitative estimate of drug-likeness (QED) is 0.152. The van der Waals surface area contributed by atoms with Crippen LogP contribution in [0, 0.1) is 5.92 Å². The van der Waals surface area contributed by atoms with Crippen LogP contribution in [0.3, 0.4) is 0 Å². The zero-order chi connectivity index (χ0) is 35.5. The number of benzene rings is 2. The molecule has 264 valence electrons. The molecule has 1 saturated heterocycles. The van der Waals surface area contributed by atoms with Gasteiger partial charge >= 0.3 is 12.1 Å². The average Bonchev–Trinajstić information content (AvgIpc) is 3.70. The van der Waals surface area contributed by atoms with E-state index in [0.29, 0.717) is 6.42 Å². The van der Waals surface area contributed by atoms with Crippen LogP contribution in [-0.4, -0.2) is 89.0 Å². The van der Waals surface area contributed by atoms with Gasteiger partial charge in [-0.1, -0.05) is 62.4 Å². The van der Waals surface area contributed by atoms with Gasteiger partial charge in [0.1, 0.15) is 18.1 Å². The highest BCUT2D eigenvalue weighted by atomic mass is 19.3. The number of nitrogens with one attached hydrogen (secondary N) is 4. The lowest BCUT2D eigenvalue weighted by Gasteiger charge is -2.29. The molecule has 1 fully saturated rings. The van der Waals surface area contributed by atoms with Gasteiger partial charge in [-0.05, 0) is 42.4 Å². The minimum Gasteiger partial charge on any atom is -0.481 e. The van der Waals surface area contributed by atoms with E-state index >= 15 is 0 Å². The molecule has 0 aliphatic carbocycles. The predicted octanol–water partition coefficient (Wildman–Crippen LogP) is 3.97. The first kappa shape index (κ1) is 36.8. The number of nitrogens with zero attached hydrogens (tertiary/aromatic N) is 1. The fourth-order valence-corrected chi connectivity index (χ4v) is 5.91. The molecule has 0 radical (unpaired) electrons. The van der Waals surface area contributed by atoms with E-state index in [4.69, 9.17) is 4.74 Å². The van der Waals surface area contributed by atoms with E-state index in [-0.39, 0.29) is 44.4 Å². The van der Waals surface area contributed by atoms with Crippen molar-refractivity contribution in [1.82, 2.24) is 25.8 Å². The van der Waals surface area contributed by atoms with Crippen molar-refractivity contribution >= 4 is 40.7 Å².